The summed E-state index contributed by atoms with van der Waals surface area (Å²) in [5.41, 5.74) is 2.19. The topological polar surface area (TPSA) is 83.2 Å². The first kappa shape index (κ1) is 15.3. The van der Waals surface area contributed by atoms with Crippen LogP contribution in [0.5, 0.6) is 5.75 Å². The molecule has 0 saturated carbocycles. The van der Waals surface area contributed by atoms with Crippen molar-refractivity contribution in [2.24, 2.45) is 0 Å². The molecule has 0 radical (unpaired) electrons. The van der Waals surface area contributed by atoms with Crippen LogP contribution < -0.4 is 4.74 Å². The van der Waals surface area contributed by atoms with Gasteiger partial charge in [0, 0.05) is 12.4 Å². The molecule has 0 aliphatic carbocycles. The fourth-order valence-electron chi connectivity index (χ4n) is 1.79. The van der Waals surface area contributed by atoms with E-state index < -0.39 is 5.97 Å². The van der Waals surface area contributed by atoms with Crippen molar-refractivity contribution in [3.05, 3.63) is 59.4 Å². The van der Waals surface area contributed by atoms with Crippen LogP contribution >= 0.6 is 0 Å². The van der Waals surface area contributed by atoms with Crippen LogP contribution in [-0.2, 0) is 4.79 Å². The predicted molar refractivity (Wildman–Crippen MR) is 82.1 cm³/mol. The van der Waals surface area contributed by atoms with Crippen LogP contribution in [0, 0.1) is 11.3 Å². The molecule has 2 rings (SSSR count). The Bertz CT molecular complexity index is 733. The number of hydrogen-bond acceptors (Lipinski definition) is 4. The van der Waals surface area contributed by atoms with Crippen LogP contribution in [0.4, 0.5) is 0 Å². The molecular weight excluding hydrogens is 280 g/mol. The van der Waals surface area contributed by atoms with Crippen LogP contribution in [0.2, 0.25) is 0 Å². The second kappa shape index (κ2) is 7.60. The number of carboxylic acids is 1. The van der Waals surface area contributed by atoms with E-state index in [9.17, 15) is 4.79 Å². The lowest BCUT2D eigenvalue weighted by atomic mass is 10.1. The predicted octanol–water partition coefficient (Wildman–Crippen LogP) is 2.98. The van der Waals surface area contributed by atoms with Gasteiger partial charge in [0.25, 0.3) is 0 Å². The SMILES string of the molecule is N#Cc1cnccc1/C=C/c1cccc(OCCC(=O)O)c1. The first-order chi connectivity index (χ1) is 10.7. The summed E-state index contributed by atoms with van der Waals surface area (Å²) in [4.78, 5) is 14.4. The molecule has 0 aliphatic heterocycles. The summed E-state index contributed by atoms with van der Waals surface area (Å²) in [7, 11) is 0. The van der Waals surface area contributed by atoms with E-state index in [0.717, 1.165) is 11.1 Å². The van der Waals surface area contributed by atoms with Gasteiger partial charge < -0.3 is 9.84 Å². The molecule has 5 nitrogen and oxygen atoms in total. The second-order valence-electron chi connectivity index (χ2n) is 4.47. The minimum absolute atomic E-state index is 0.0391. The molecular formula is C17H14N2O3. The van der Waals surface area contributed by atoms with Crippen LogP contribution in [0.15, 0.2) is 42.7 Å². The average Bonchev–Trinajstić information content (AvgIpc) is 2.53. The molecule has 0 aliphatic rings. The summed E-state index contributed by atoms with van der Waals surface area (Å²) >= 11 is 0. The maximum Gasteiger partial charge on any atom is 0.306 e. The minimum atomic E-state index is -0.891. The van der Waals surface area contributed by atoms with E-state index in [1.807, 2.05) is 30.4 Å². The average molecular weight is 294 g/mol. The largest absolute Gasteiger partial charge is 0.493 e. The number of carbonyl (C=O) groups is 1. The monoisotopic (exact) mass is 294 g/mol. The number of rotatable bonds is 6. The summed E-state index contributed by atoms with van der Waals surface area (Å²) < 4.78 is 5.38. The quantitative estimate of drug-likeness (QED) is 0.885. The number of pyridine rings is 1. The van der Waals surface area contributed by atoms with Gasteiger partial charge in [0.1, 0.15) is 11.8 Å². The molecule has 110 valence electrons. The van der Waals surface area contributed by atoms with E-state index in [2.05, 4.69) is 11.1 Å². The lowest BCUT2D eigenvalue weighted by Gasteiger charge is -2.05. The lowest BCUT2D eigenvalue weighted by molar-refractivity contribution is -0.137. The molecule has 0 unspecified atom stereocenters. The van der Waals surface area contributed by atoms with Crippen LogP contribution in [0.3, 0.4) is 0 Å². The molecule has 0 bridgehead atoms. The number of nitrogens with zero attached hydrogens (tertiary/aromatic N) is 2. The van der Waals surface area contributed by atoms with Gasteiger partial charge in [0.05, 0.1) is 18.6 Å². The van der Waals surface area contributed by atoms with Crippen molar-refractivity contribution in [2.45, 2.75) is 6.42 Å². The molecule has 0 fully saturated rings. The summed E-state index contributed by atoms with van der Waals surface area (Å²) in [6.07, 6.45) is 6.80. The van der Waals surface area contributed by atoms with Gasteiger partial charge in [-0.15, -0.1) is 0 Å². The third kappa shape index (κ3) is 4.46. The Labute approximate surface area is 128 Å². The zero-order valence-electron chi connectivity index (χ0n) is 11.8. The molecule has 1 aromatic carbocycles. The van der Waals surface area contributed by atoms with Crippen molar-refractivity contribution in [3.8, 4) is 11.8 Å². The standard InChI is InChI=1S/C17H14N2O3/c18-11-15-12-19-8-6-14(15)5-4-13-2-1-3-16(10-13)22-9-7-17(20)21/h1-6,8,10,12H,7,9H2,(H,20,21)/b5-4+. The third-order valence-corrected chi connectivity index (χ3v) is 2.87. The second-order valence-corrected chi connectivity index (χ2v) is 4.47. The van der Waals surface area contributed by atoms with Gasteiger partial charge in [-0.25, -0.2) is 0 Å². The van der Waals surface area contributed by atoms with Crippen LogP contribution in [0.25, 0.3) is 12.2 Å². The Hall–Kier alpha value is -3.13. The maximum absolute atomic E-state index is 10.5. The minimum Gasteiger partial charge on any atom is -0.493 e. The Morgan fingerprint density at radius 1 is 1.36 bits per heavy atom. The summed E-state index contributed by atoms with van der Waals surface area (Å²) in [5.74, 6) is -0.281. The van der Waals surface area contributed by atoms with E-state index in [1.54, 1.807) is 18.3 Å². The molecule has 1 N–H and O–H groups in total. The highest BCUT2D eigenvalue weighted by atomic mass is 16.5. The van der Waals surface area contributed by atoms with Gasteiger partial charge in [0.2, 0.25) is 0 Å². The summed E-state index contributed by atoms with van der Waals surface area (Å²) in [5, 5.41) is 17.6. The molecule has 0 saturated heterocycles. The van der Waals surface area contributed by atoms with Gasteiger partial charge in [-0.2, -0.15) is 5.26 Å². The van der Waals surface area contributed by atoms with Gasteiger partial charge in [-0.1, -0.05) is 24.3 Å². The highest BCUT2D eigenvalue weighted by Crippen LogP contribution is 2.17. The number of hydrogen-bond donors (Lipinski definition) is 1. The van der Waals surface area contributed by atoms with Crippen molar-refractivity contribution in [3.63, 3.8) is 0 Å². The van der Waals surface area contributed by atoms with Gasteiger partial charge >= 0.3 is 5.97 Å². The van der Waals surface area contributed by atoms with Gasteiger partial charge in [-0.05, 0) is 29.3 Å². The Kier molecular flexibility index (Phi) is 5.27. The van der Waals surface area contributed by atoms with E-state index in [0.29, 0.717) is 11.3 Å². The smallest absolute Gasteiger partial charge is 0.306 e. The molecule has 5 heteroatoms. The number of benzene rings is 1. The maximum atomic E-state index is 10.5. The van der Waals surface area contributed by atoms with E-state index in [4.69, 9.17) is 15.1 Å². The lowest BCUT2D eigenvalue weighted by Crippen LogP contribution is -2.04. The first-order valence-corrected chi connectivity index (χ1v) is 6.66. The highest BCUT2D eigenvalue weighted by molar-refractivity contribution is 5.72. The molecule has 1 heterocycles. The van der Waals surface area contributed by atoms with E-state index in [1.165, 1.54) is 6.20 Å². The van der Waals surface area contributed by atoms with Crippen LogP contribution in [-0.4, -0.2) is 22.7 Å². The number of ether oxygens (including phenoxy) is 1. The van der Waals surface area contributed by atoms with E-state index in [-0.39, 0.29) is 13.0 Å². The number of aromatic nitrogens is 1. The van der Waals surface area contributed by atoms with Gasteiger partial charge in [0.15, 0.2) is 0 Å². The zero-order valence-corrected chi connectivity index (χ0v) is 11.8. The van der Waals surface area contributed by atoms with Gasteiger partial charge in [-0.3, -0.25) is 9.78 Å². The fraction of sp³-hybridized carbons (Fsp3) is 0.118. The molecule has 1 aromatic heterocycles. The molecule has 22 heavy (non-hydrogen) atoms. The normalized spacial score (nSPS) is 10.3. The first-order valence-electron chi connectivity index (χ1n) is 6.66. The van der Waals surface area contributed by atoms with Crippen molar-refractivity contribution in [1.29, 1.82) is 5.26 Å². The molecule has 0 atom stereocenters. The fourth-order valence-corrected chi connectivity index (χ4v) is 1.79. The molecule has 0 spiro atoms. The van der Waals surface area contributed by atoms with E-state index >= 15 is 0 Å². The summed E-state index contributed by atoms with van der Waals surface area (Å²) in [6, 6.07) is 11.2. The molecule has 0 amide bonds. The summed E-state index contributed by atoms with van der Waals surface area (Å²) in [6.45, 7) is 0.130. The molecule has 2 aromatic rings. The van der Waals surface area contributed by atoms with Crippen molar-refractivity contribution >= 4 is 18.1 Å². The highest BCUT2D eigenvalue weighted by Gasteiger charge is 2.00. The van der Waals surface area contributed by atoms with Crippen molar-refractivity contribution in [1.82, 2.24) is 4.98 Å². The Morgan fingerprint density at radius 2 is 2.23 bits per heavy atom. The number of nitriles is 1. The zero-order chi connectivity index (χ0) is 15.8. The van der Waals surface area contributed by atoms with Crippen molar-refractivity contribution in [2.75, 3.05) is 6.61 Å². The Balaban J connectivity index is 2.08. The van der Waals surface area contributed by atoms with Crippen molar-refractivity contribution < 1.29 is 14.6 Å². The Morgan fingerprint density at radius 3 is 3.00 bits per heavy atom. The third-order valence-electron chi connectivity index (χ3n) is 2.87. The van der Waals surface area contributed by atoms with Crippen LogP contribution in [0.1, 0.15) is 23.1 Å². The number of aliphatic carboxylic acids is 1. The number of carboxylic acid groups (broad SMARTS) is 1.